The number of fused-ring (bicyclic) bond motifs is 2. The van der Waals surface area contributed by atoms with Gasteiger partial charge in [0.1, 0.15) is 18.5 Å². The number of urea groups is 1. The van der Waals surface area contributed by atoms with Crippen molar-refractivity contribution < 1.29 is 57.0 Å². The van der Waals surface area contributed by atoms with E-state index in [2.05, 4.69) is 31.2 Å². The first-order chi connectivity index (χ1) is 37.5. The topological polar surface area (TPSA) is 296 Å². The third-order valence-corrected chi connectivity index (χ3v) is 13.7. The van der Waals surface area contributed by atoms with Crippen molar-refractivity contribution in [3.63, 3.8) is 0 Å². The lowest BCUT2D eigenvalue weighted by molar-refractivity contribution is -0.137. The van der Waals surface area contributed by atoms with Crippen molar-refractivity contribution in [2.75, 3.05) is 57.1 Å². The van der Waals surface area contributed by atoms with E-state index in [1.54, 1.807) is 73.0 Å². The molecule has 5 heterocycles. The van der Waals surface area contributed by atoms with Gasteiger partial charge >= 0.3 is 12.1 Å². The molecule has 4 unspecified atom stereocenters. The number of unbranched alkanes of at least 4 members (excludes halogenated alkanes) is 2. The fourth-order valence-electron chi connectivity index (χ4n) is 9.49. The number of pyridine rings is 1. The van der Waals surface area contributed by atoms with Crippen molar-refractivity contribution in [1.29, 1.82) is 0 Å². The molecule has 0 radical (unpaired) electrons. The smallest absolute Gasteiger partial charge is 0.410 e. The van der Waals surface area contributed by atoms with Crippen LogP contribution in [0.1, 0.15) is 76.5 Å². The van der Waals surface area contributed by atoms with Gasteiger partial charge in [0, 0.05) is 81.9 Å². The van der Waals surface area contributed by atoms with Crippen molar-refractivity contribution in [2.24, 2.45) is 17.6 Å². The number of benzene rings is 2. The van der Waals surface area contributed by atoms with Crippen molar-refractivity contribution in [3.8, 4) is 11.5 Å². The number of carbonyl (C=O) groups excluding carboxylic acids is 8. The summed E-state index contributed by atoms with van der Waals surface area (Å²) in [5.41, 5.74) is 7.35. The maximum absolute atomic E-state index is 16.5. The number of Topliss-reactive ketones (excluding diaryl/α,β-unsaturated/α-hetero) is 1. The predicted octanol–water partition coefficient (Wildman–Crippen LogP) is 3.97. The van der Waals surface area contributed by atoms with E-state index in [1.807, 2.05) is 4.90 Å². The zero-order valence-corrected chi connectivity index (χ0v) is 43.9. The summed E-state index contributed by atoms with van der Waals surface area (Å²) in [5.74, 6) is -2.42. The normalized spacial score (nSPS) is 16.9. The fraction of sp³-hybridized carbons (Fsp3) is 0.463. The molecular formula is C54H66FN11O12. The number of amides is 8. The summed E-state index contributed by atoms with van der Waals surface area (Å²) in [4.78, 5) is 128. The van der Waals surface area contributed by atoms with Gasteiger partial charge in [-0.1, -0.05) is 32.4 Å². The van der Waals surface area contributed by atoms with Crippen LogP contribution in [0, 0.1) is 11.8 Å². The predicted molar refractivity (Wildman–Crippen MR) is 282 cm³/mol. The van der Waals surface area contributed by atoms with Crippen LogP contribution in [0.4, 0.5) is 25.5 Å². The van der Waals surface area contributed by atoms with E-state index >= 15 is 4.39 Å². The van der Waals surface area contributed by atoms with Crippen molar-refractivity contribution in [3.05, 3.63) is 94.6 Å². The number of piperidine rings is 1. The Morgan fingerprint density at radius 1 is 0.949 bits per heavy atom. The van der Waals surface area contributed by atoms with Gasteiger partial charge in [0.15, 0.2) is 24.0 Å². The van der Waals surface area contributed by atoms with E-state index in [4.69, 9.17) is 19.9 Å². The number of nitrogens with zero attached hydrogens (tertiary/aromatic N) is 6. The third-order valence-electron chi connectivity index (χ3n) is 13.7. The molecule has 2 aromatic heterocycles. The number of ketones is 1. The van der Waals surface area contributed by atoms with E-state index in [9.17, 15) is 43.2 Å². The second-order valence-corrected chi connectivity index (χ2v) is 19.7. The molecule has 0 saturated carbocycles. The molecule has 24 heteroatoms. The van der Waals surface area contributed by atoms with Crippen molar-refractivity contribution in [1.82, 2.24) is 39.9 Å². The lowest BCUT2D eigenvalue weighted by Crippen LogP contribution is -2.54. The number of primary amides is 1. The number of carbonyl (C=O) groups is 8. The number of alkyl halides is 1. The monoisotopic (exact) mass is 1080 g/mol. The van der Waals surface area contributed by atoms with Gasteiger partial charge < -0.3 is 45.8 Å². The Bertz CT molecular complexity index is 2930. The van der Waals surface area contributed by atoms with Gasteiger partial charge in [0.05, 0.1) is 48.7 Å². The number of hydrogen-bond acceptors (Lipinski definition) is 15. The van der Waals surface area contributed by atoms with Crippen LogP contribution in [0.5, 0.6) is 11.5 Å². The minimum absolute atomic E-state index is 0.0471. The van der Waals surface area contributed by atoms with Crippen LogP contribution in [-0.4, -0.2) is 141 Å². The van der Waals surface area contributed by atoms with Gasteiger partial charge in [-0.05, 0) is 80.0 Å². The molecule has 4 atom stereocenters. The largest absolute Gasteiger partial charge is 0.497 e. The van der Waals surface area contributed by atoms with Crippen LogP contribution in [-0.2, 0) is 53.2 Å². The van der Waals surface area contributed by atoms with E-state index in [1.165, 1.54) is 30.4 Å². The van der Waals surface area contributed by atoms with E-state index in [0.717, 1.165) is 4.90 Å². The molecule has 0 spiro atoms. The van der Waals surface area contributed by atoms with Crippen LogP contribution >= 0.6 is 0 Å². The lowest BCUT2D eigenvalue weighted by atomic mass is 9.89. The summed E-state index contributed by atoms with van der Waals surface area (Å²) in [6, 6.07) is 12.4. The summed E-state index contributed by atoms with van der Waals surface area (Å²) in [7, 11) is 1.53. The van der Waals surface area contributed by atoms with Crippen LogP contribution in [0.15, 0.2) is 77.7 Å². The standard InChI is InChI=1S/C54H66FN11O12/c1-33(2)50(61-45(68)9-5-4-6-22-65-47(70)18-19-48(65)71)43(67)26-35(8-7-21-57-53(56)74)52(73)60-36-12-10-34(11-13-36)31-78-54(75)66(29-37-14-17-44-51(59-37)62-46(69)32-77-44)41-20-23-63(30-39(41)55)24-25-64-42-27-38(76-3)15-16-40(42)58-28-49(64)72/h10-19,27-28,33,35,39,41,50H,4-9,20-26,29-32H2,1-3H3,(H,60,73)(H,61,68)(H3,56,57,74)(H,59,62,69). The number of methoxy groups -OCH3 is 1. The minimum Gasteiger partial charge on any atom is -0.497 e. The van der Waals surface area contributed by atoms with Crippen molar-refractivity contribution in [2.45, 2.75) is 103 Å². The Balaban J connectivity index is 0.959. The first-order valence-corrected chi connectivity index (χ1v) is 26.0. The maximum Gasteiger partial charge on any atom is 0.410 e. The highest BCUT2D eigenvalue weighted by atomic mass is 19.1. The maximum atomic E-state index is 16.5. The molecular weight excluding hydrogens is 1010 g/mol. The lowest BCUT2D eigenvalue weighted by Gasteiger charge is -2.40. The molecule has 23 nitrogen and oxygen atoms in total. The Hall–Kier alpha value is -8.28. The fourth-order valence-corrected chi connectivity index (χ4v) is 9.49. The van der Waals surface area contributed by atoms with E-state index in [0.29, 0.717) is 78.2 Å². The molecule has 3 aliphatic rings. The highest BCUT2D eigenvalue weighted by Gasteiger charge is 2.38. The Morgan fingerprint density at radius 2 is 1.72 bits per heavy atom. The molecule has 78 heavy (non-hydrogen) atoms. The second-order valence-electron chi connectivity index (χ2n) is 19.7. The average molecular weight is 1080 g/mol. The molecule has 2 aromatic carbocycles. The molecule has 416 valence electrons. The number of hydrogen-bond donors (Lipinski definition) is 5. The van der Waals surface area contributed by atoms with Crippen LogP contribution in [0.25, 0.3) is 11.0 Å². The molecule has 8 amide bonds. The first kappa shape index (κ1) is 57.4. The van der Waals surface area contributed by atoms with Crippen LogP contribution < -0.4 is 42.0 Å². The summed E-state index contributed by atoms with van der Waals surface area (Å²) in [6.07, 6.45) is 3.51. The van der Waals surface area contributed by atoms with E-state index < -0.39 is 48.1 Å². The number of imide groups is 1. The highest BCUT2D eigenvalue weighted by molar-refractivity contribution is 6.12. The SMILES string of the molecule is COc1ccc2ncc(=O)n(CCN3CCC(N(Cc4ccc5c(n4)NC(=O)CO5)C(=O)OCc4ccc(NC(=O)C(CCCNC(N)=O)CC(=O)C(NC(=O)CCCCCN5C(=O)C=CC5=O)C(C)C)cc4)C(F)C3)c2c1. The molecule has 3 aliphatic heterocycles. The number of nitrogens with two attached hydrogens (primary N) is 1. The Kier molecular flexibility index (Phi) is 20.0. The number of halogens is 1. The average Bonchev–Trinajstić information content (AvgIpc) is 3.75. The quantitative estimate of drug-likeness (QED) is 0.0439. The number of rotatable bonds is 26. The zero-order chi connectivity index (χ0) is 55.9. The van der Waals surface area contributed by atoms with Gasteiger partial charge in [0.25, 0.3) is 23.3 Å². The molecule has 6 N–H and O–H groups in total. The number of nitrogens with one attached hydrogen (secondary N) is 4. The summed E-state index contributed by atoms with van der Waals surface area (Å²) >= 11 is 0. The summed E-state index contributed by atoms with van der Waals surface area (Å²) < 4.78 is 34.7. The van der Waals surface area contributed by atoms with Gasteiger partial charge in [-0.15, -0.1) is 0 Å². The number of likely N-dealkylation sites (tertiary alicyclic amines) is 1. The molecule has 1 saturated heterocycles. The first-order valence-electron chi connectivity index (χ1n) is 26.0. The summed E-state index contributed by atoms with van der Waals surface area (Å²) in [6.45, 7) is 4.31. The number of anilines is 2. The van der Waals surface area contributed by atoms with Gasteiger partial charge in [-0.2, -0.15) is 0 Å². The Labute approximate surface area is 449 Å². The Morgan fingerprint density at radius 3 is 2.44 bits per heavy atom. The third kappa shape index (κ3) is 15.7. The van der Waals surface area contributed by atoms with Crippen LogP contribution in [0.2, 0.25) is 0 Å². The molecule has 1 fully saturated rings. The van der Waals surface area contributed by atoms with Gasteiger partial charge in [-0.25, -0.2) is 23.9 Å². The molecule has 0 aliphatic carbocycles. The highest BCUT2D eigenvalue weighted by Crippen LogP contribution is 2.29. The van der Waals surface area contributed by atoms with Gasteiger partial charge in [-0.3, -0.25) is 48.3 Å². The number of ether oxygens (including phenoxy) is 3. The molecule has 7 rings (SSSR count). The summed E-state index contributed by atoms with van der Waals surface area (Å²) in [5, 5.41) is 10.8. The minimum atomic E-state index is -1.54. The second kappa shape index (κ2) is 27.2. The van der Waals surface area contributed by atoms with Crippen LogP contribution in [0.3, 0.4) is 0 Å². The molecule has 4 aromatic rings. The van der Waals surface area contributed by atoms with E-state index in [-0.39, 0.29) is 112 Å². The zero-order valence-electron chi connectivity index (χ0n) is 43.9. The van der Waals surface area contributed by atoms with Gasteiger partial charge in [0.2, 0.25) is 11.8 Å². The van der Waals surface area contributed by atoms with Crippen molar-refractivity contribution >= 4 is 70.0 Å². The number of aromatic nitrogens is 3. The molecule has 0 bridgehead atoms.